The Balaban J connectivity index is 1.13. The van der Waals surface area contributed by atoms with E-state index in [-0.39, 0.29) is 42.3 Å². The third-order valence-corrected chi connectivity index (χ3v) is 10.8. The lowest BCUT2D eigenvalue weighted by molar-refractivity contribution is -0.144. The van der Waals surface area contributed by atoms with E-state index in [2.05, 4.69) is 17.1 Å². The molecular formula is C35H42Cl2N4O5. The minimum atomic E-state index is -0.729. The Morgan fingerprint density at radius 1 is 1.02 bits per heavy atom. The zero-order valence-corrected chi connectivity index (χ0v) is 27.9. The van der Waals surface area contributed by atoms with Crippen molar-refractivity contribution in [2.75, 3.05) is 31.6 Å². The van der Waals surface area contributed by atoms with Crippen LogP contribution in [0.5, 0.6) is 0 Å². The van der Waals surface area contributed by atoms with Crippen molar-refractivity contribution < 1.29 is 24.2 Å². The van der Waals surface area contributed by atoms with Gasteiger partial charge in [-0.25, -0.2) is 0 Å². The van der Waals surface area contributed by atoms with Crippen molar-refractivity contribution in [3.63, 3.8) is 0 Å². The number of fused-ring (bicyclic) bond motifs is 1. The molecule has 46 heavy (non-hydrogen) atoms. The van der Waals surface area contributed by atoms with Gasteiger partial charge in [0.25, 0.3) is 5.91 Å². The second kappa shape index (κ2) is 13.9. The summed E-state index contributed by atoms with van der Waals surface area (Å²) in [5.41, 5.74) is 2.46. The highest BCUT2D eigenvalue weighted by Crippen LogP contribution is 2.34. The zero-order valence-electron chi connectivity index (χ0n) is 26.4. The van der Waals surface area contributed by atoms with Crippen LogP contribution >= 0.6 is 23.2 Å². The summed E-state index contributed by atoms with van der Waals surface area (Å²) in [6.45, 7) is 5.41. The van der Waals surface area contributed by atoms with Gasteiger partial charge < -0.3 is 24.6 Å². The first-order chi connectivity index (χ1) is 22.1. The average Bonchev–Trinajstić information content (AvgIpc) is 3.76. The molecule has 0 unspecified atom stereocenters. The minimum Gasteiger partial charge on any atom is -0.481 e. The van der Waals surface area contributed by atoms with Gasteiger partial charge in [0.05, 0.1) is 47.4 Å². The molecule has 1 aliphatic carbocycles. The Hall–Kier alpha value is -3.11. The highest BCUT2D eigenvalue weighted by molar-refractivity contribution is 6.36. The molecule has 0 radical (unpaired) electrons. The number of rotatable bonds is 9. The van der Waals surface area contributed by atoms with E-state index in [1.807, 2.05) is 40.8 Å². The van der Waals surface area contributed by atoms with E-state index in [1.165, 1.54) is 0 Å². The van der Waals surface area contributed by atoms with Crippen LogP contribution in [-0.2, 0) is 27.8 Å². The molecule has 2 saturated heterocycles. The number of halogens is 2. The largest absolute Gasteiger partial charge is 0.481 e. The molecule has 2 aromatic carbocycles. The minimum absolute atomic E-state index is 0.0169. The number of hydrogen-bond acceptors (Lipinski definition) is 5. The number of aromatic nitrogens is 1. The van der Waals surface area contributed by atoms with Crippen LogP contribution in [0.3, 0.4) is 0 Å². The molecule has 3 atom stereocenters. The number of aryl methyl sites for hydroxylation is 1. The quantitative estimate of drug-likeness (QED) is 0.279. The summed E-state index contributed by atoms with van der Waals surface area (Å²) in [5.74, 6) is -0.710. The molecule has 3 aliphatic rings. The van der Waals surface area contributed by atoms with E-state index in [4.69, 9.17) is 27.9 Å². The van der Waals surface area contributed by atoms with E-state index in [9.17, 15) is 19.5 Å². The summed E-state index contributed by atoms with van der Waals surface area (Å²) < 4.78 is 8.23. The molecule has 11 heteroatoms. The topological polar surface area (TPSA) is 104 Å². The molecule has 2 aliphatic heterocycles. The third-order valence-electron chi connectivity index (χ3n) is 10.1. The zero-order chi connectivity index (χ0) is 32.5. The molecule has 6 rings (SSSR count). The molecule has 246 valence electrons. The van der Waals surface area contributed by atoms with Crippen LogP contribution in [0, 0.1) is 11.8 Å². The SMILES string of the molecule is C[C@@H]1CCN([C@H]2C[C@@H](CO[C@H]3CC[C@H](C(=O)O)CC3)N(C(=O)Cc3cc(Cl)c(NC(=O)c4cn(C)c5ccccc45)cc3Cl)C2)C1. The van der Waals surface area contributed by atoms with Crippen LogP contribution in [0.15, 0.2) is 42.6 Å². The standard InChI is InChI=1S/C35H42Cl2N4O5/c1-21-11-12-40(17-21)24-15-25(20-46-26-9-7-22(8-10-26)35(44)45)41(18-24)33(42)14-23-13-30(37)31(16-29(23)36)38-34(43)28-19-39(2)32-6-4-3-5-27(28)32/h3-6,13,16,19,21-22,24-26H,7-12,14-15,17-18,20H2,1-2H3,(H,38,43)(H,44,45)/t21-,22-,24+,25+,26-/m1/s1. The van der Waals surface area contributed by atoms with Crippen molar-refractivity contribution in [1.29, 1.82) is 0 Å². The molecule has 9 nitrogen and oxygen atoms in total. The fourth-order valence-corrected chi connectivity index (χ4v) is 7.90. The second-order valence-electron chi connectivity index (χ2n) is 13.3. The van der Waals surface area contributed by atoms with E-state index in [0.29, 0.717) is 58.8 Å². The number of benzene rings is 2. The maximum Gasteiger partial charge on any atom is 0.306 e. The molecule has 3 aromatic rings. The van der Waals surface area contributed by atoms with Gasteiger partial charge in [-0.15, -0.1) is 0 Å². The van der Waals surface area contributed by atoms with Gasteiger partial charge in [0.15, 0.2) is 0 Å². The number of para-hydroxylation sites is 1. The fourth-order valence-electron chi connectivity index (χ4n) is 7.44. The third kappa shape index (κ3) is 7.08. The average molecular weight is 670 g/mol. The highest BCUT2D eigenvalue weighted by Gasteiger charge is 2.40. The van der Waals surface area contributed by atoms with Gasteiger partial charge in [-0.2, -0.15) is 0 Å². The number of anilines is 1. The summed E-state index contributed by atoms with van der Waals surface area (Å²) in [7, 11) is 1.89. The van der Waals surface area contributed by atoms with Gasteiger partial charge in [-0.1, -0.05) is 48.3 Å². The number of nitrogens with one attached hydrogen (secondary N) is 1. The maximum absolute atomic E-state index is 13.9. The first-order valence-corrected chi connectivity index (χ1v) is 17.0. The number of nitrogens with zero attached hydrogens (tertiary/aromatic N) is 3. The Kier molecular flexibility index (Phi) is 9.94. The van der Waals surface area contributed by atoms with E-state index in [0.717, 1.165) is 49.7 Å². The van der Waals surface area contributed by atoms with Gasteiger partial charge in [-0.05, 0) is 74.8 Å². The van der Waals surface area contributed by atoms with Crippen LogP contribution in [0.25, 0.3) is 10.9 Å². The summed E-state index contributed by atoms with van der Waals surface area (Å²) >= 11 is 13.4. The Morgan fingerprint density at radius 3 is 2.50 bits per heavy atom. The number of ether oxygens (including phenoxy) is 1. The lowest BCUT2D eigenvalue weighted by atomic mass is 9.87. The molecular weight excluding hydrogens is 627 g/mol. The molecule has 0 spiro atoms. The smallest absolute Gasteiger partial charge is 0.306 e. The van der Waals surface area contributed by atoms with Crippen molar-refractivity contribution >= 4 is 57.6 Å². The first kappa shape index (κ1) is 32.8. The Labute approximate surface area is 279 Å². The summed E-state index contributed by atoms with van der Waals surface area (Å²) in [6.07, 6.45) is 6.59. The van der Waals surface area contributed by atoms with Crippen molar-refractivity contribution in [2.45, 2.75) is 70.1 Å². The Morgan fingerprint density at radius 2 is 1.78 bits per heavy atom. The van der Waals surface area contributed by atoms with Gasteiger partial charge in [0, 0.05) is 48.3 Å². The number of hydrogen-bond donors (Lipinski definition) is 2. The van der Waals surface area contributed by atoms with E-state index in [1.54, 1.807) is 18.3 Å². The maximum atomic E-state index is 13.9. The number of carbonyl (C=O) groups is 3. The number of carboxylic acids is 1. The molecule has 3 heterocycles. The molecule has 1 saturated carbocycles. The van der Waals surface area contributed by atoms with Gasteiger partial charge in [-0.3, -0.25) is 19.3 Å². The van der Waals surface area contributed by atoms with Crippen molar-refractivity contribution in [1.82, 2.24) is 14.4 Å². The molecule has 1 aromatic heterocycles. The number of amides is 2. The van der Waals surface area contributed by atoms with Crippen LogP contribution < -0.4 is 5.32 Å². The lowest BCUT2D eigenvalue weighted by Crippen LogP contribution is -2.41. The molecule has 2 N–H and O–H groups in total. The van der Waals surface area contributed by atoms with E-state index < -0.39 is 5.97 Å². The second-order valence-corrected chi connectivity index (χ2v) is 14.2. The predicted molar refractivity (Wildman–Crippen MR) is 180 cm³/mol. The summed E-state index contributed by atoms with van der Waals surface area (Å²) in [4.78, 5) is 42.9. The van der Waals surface area contributed by atoms with Crippen molar-refractivity contribution in [2.24, 2.45) is 18.9 Å². The molecule has 2 amide bonds. The number of carboxylic acid groups (broad SMARTS) is 1. The van der Waals surface area contributed by atoms with Crippen LogP contribution in [0.4, 0.5) is 5.69 Å². The van der Waals surface area contributed by atoms with Gasteiger partial charge in [0.2, 0.25) is 5.91 Å². The molecule has 3 fully saturated rings. The number of aliphatic carboxylic acids is 1. The van der Waals surface area contributed by atoms with E-state index >= 15 is 0 Å². The normalized spacial score (nSPS) is 25.3. The number of likely N-dealkylation sites (tertiary alicyclic amines) is 2. The summed E-state index contributed by atoms with van der Waals surface area (Å²) in [5, 5.41) is 13.7. The molecule has 0 bridgehead atoms. The van der Waals surface area contributed by atoms with Crippen LogP contribution in [0.2, 0.25) is 10.0 Å². The fraction of sp³-hybridized carbons (Fsp3) is 0.514. The van der Waals surface area contributed by atoms with Crippen molar-refractivity contribution in [3.05, 3.63) is 63.8 Å². The van der Waals surface area contributed by atoms with Crippen molar-refractivity contribution in [3.8, 4) is 0 Å². The first-order valence-electron chi connectivity index (χ1n) is 16.3. The van der Waals surface area contributed by atoms with Gasteiger partial charge in [0.1, 0.15) is 0 Å². The lowest BCUT2D eigenvalue weighted by Gasteiger charge is -2.30. The monoisotopic (exact) mass is 668 g/mol. The van der Waals surface area contributed by atoms with Gasteiger partial charge >= 0.3 is 5.97 Å². The van der Waals surface area contributed by atoms with Crippen LogP contribution in [0.1, 0.15) is 61.4 Å². The van der Waals surface area contributed by atoms with Crippen LogP contribution in [-0.4, -0.2) is 81.7 Å². The predicted octanol–water partition coefficient (Wildman–Crippen LogP) is 6.25. The summed E-state index contributed by atoms with van der Waals surface area (Å²) in [6, 6.07) is 11.2. The highest BCUT2D eigenvalue weighted by atomic mass is 35.5. The number of carbonyl (C=O) groups excluding carboxylic acids is 2. The Bertz CT molecular complexity index is 1620.